The van der Waals surface area contributed by atoms with Crippen LogP contribution >= 0.6 is 0 Å². The fraction of sp³-hybridized carbons (Fsp3) is 0.364. The van der Waals surface area contributed by atoms with Crippen LogP contribution in [0.5, 0.6) is 5.75 Å². The Kier molecular flexibility index (Phi) is 3.81. The summed E-state index contributed by atoms with van der Waals surface area (Å²) in [5, 5.41) is 8.32. The van der Waals surface area contributed by atoms with Crippen LogP contribution in [0.25, 0.3) is 0 Å². The molecule has 0 saturated carbocycles. The third kappa shape index (κ3) is 2.98. The Morgan fingerprint density at radius 2 is 2.29 bits per heavy atom. The van der Waals surface area contributed by atoms with Crippen molar-refractivity contribution in [3.8, 4) is 11.8 Å². The highest BCUT2D eigenvalue weighted by atomic mass is 16.5. The van der Waals surface area contributed by atoms with Gasteiger partial charge in [0.05, 0.1) is 12.7 Å². The first kappa shape index (κ1) is 10.4. The molecule has 3 nitrogen and oxygen atoms in total. The number of unbranched alkanes of at least 4 members (excludes halogenated alkanes) is 1. The van der Waals surface area contributed by atoms with Gasteiger partial charge < -0.3 is 10.5 Å². The molecule has 0 aromatic heterocycles. The molecule has 0 saturated heterocycles. The number of nitrogens with zero attached hydrogens (tertiary/aromatic N) is 1. The van der Waals surface area contributed by atoms with Gasteiger partial charge in [0.15, 0.2) is 0 Å². The Hall–Kier alpha value is -1.69. The molecule has 14 heavy (non-hydrogen) atoms. The molecule has 0 radical (unpaired) electrons. The van der Waals surface area contributed by atoms with Crippen molar-refractivity contribution >= 4 is 5.69 Å². The molecule has 0 heterocycles. The Morgan fingerprint density at radius 1 is 1.50 bits per heavy atom. The standard InChI is InChI=1S/C11H14N2O/c1-9-4-5-10(8-11(9)13)14-7-3-2-6-12/h4-5,8H,2-3,7,13H2,1H3. The van der Waals surface area contributed by atoms with Crippen molar-refractivity contribution in [2.45, 2.75) is 19.8 Å². The van der Waals surface area contributed by atoms with Gasteiger partial charge in [-0.3, -0.25) is 0 Å². The third-order valence-electron chi connectivity index (χ3n) is 1.95. The second kappa shape index (κ2) is 5.13. The van der Waals surface area contributed by atoms with E-state index in [1.807, 2.05) is 25.1 Å². The first-order valence-corrected chi connectivity index (χ1v) is 4.60. The Morgan fingerprint density at radius 3 is 2.93 bits per heavy atom. The topological polar surface area (TPSA) is 59.0 Å². The van der Waals surface area contributed by atoms with Crippen LogP contribution in [0, 0.1) is 18.3 Å². The van der Waals surface area contributed by atoms with Crippen LogP contribution in [0.4, 0.5) is 5.69 Å². The monoisotopic (exact) mass is 190 g/mol. The number of aryl methyl sites for hydroxylation is 1. The lowest BCUT2D eigenvalue weighted by molar-refractivity contribution is 0.313. The van der Waals surface area contributed by atoms with Crippen LogP contribution in [-0.2, 0) is 0 Å². The molecule has 74 valence electrons. The molecule has 0 bridgehead atoms. The van der Waals surface area contributed by atoms with Gasteiger partial charge in [-0.15, -0.1) is 0 Å². The van der Waals surface area contributed by atoms with Gasteiger partial charge in [-0.05, 0) is 25.0 Å². The van der Waals surface area contributed by atoms with Gasteiger partial charge in [-0.25, -0.2) is 0 Å². The SMILES string of the molecule is Cc1ccc(OCCCC#N)cc1N. The molecule has 0 aliphatic rings. The van der Waals surface area contributed by atoms with E-state index in [1.165, 1.54) is 0 Å². The fourth-order valence-corrected chi connectivity index (χ4v) is 1.05. The smallest absolute Gasteiger partial charge is 0.121 e. The summed E-state index contributed by atoms with van der Waals surface area (Å²) >= 11 is 0. The molecule has 3 heteroatoms. The molecule has 0 spiro atoms. The molecule has 0 fully saturated rings. The van der Waals surface area contributed by atoms with E-state index in [0.29, 0.717) is 13.0 Å². The first-order valence-electron chi connectivity index (χ1n) is 4.60. The number of benzene rings is 1. The normalized spacial score (nSPS) is 9.43. The largest absolute Gasteiger partial charge is 0.493 e. The van der Waals surface area contributed by atoms with Crippen LogP contribution < -0.4 is 10.5 Å². The number of nitriles is 1. The van der Waals surface area contributed by atoms with Crippen LogP contribution in [0.1, 0.15) is 18.4 Å². The van der Waals surface area contributed by atoms with Crippen molar-refractivity contribution < 1.29 is 4.74 Å². The predicted octanol–water partition coefficient (Wildman–Crippen LogP) is 2.26. The summed E-state index contributed by atoms with van der Waals surface area (Å²) in [5.41, 5.74) is 7.51. The summed E-state index contributed by atoms with van der Waals surface area (Å²) in [6, 6.07) is 7.69. The van der Waals surface area contributed by atoms with Crippen LogP contribution in [0.15, 0.2) is 18.2 Å². The average molecular weight is 190 g/mol. The number of rotatable bonds is 4. The molecule has 2 N–H and O–H groups in total. The lowest BCUT2D eigenvalue weighted by Crippen LogP contribution is -1.98. The van der Waals surface area contributed by atoms with E-state index in [1.54, 1.807) is 0 Å². The quantitative estimate of drug-likeness (QED) is 0.585. The zero-order valence-corrected chi connectivity index (χ0v) is 8.29. The molecule has 1 aromatic carbocycles. The summed E-state index contributed by atoms with van der Waals surface area (Å²) in [4.78, 5) is 0. The van der Waals surface area contributed by atoms with E-state index in [0.717, 1.165) is 23.4 Å². The maximum Gasteiger partial charge on any atom is 0.121 e. The molecule has 1 aromatic rings. The van der Waals surface area contributed by atoms with Gasteiger partial charge in [0, 0.05) is 18.2 Å². The van der Waals surface area contributed by atoms with Crippen LogP contribution in [-0.4, -0.2) is 6.61 Å². The van der Waals surface area contributed by atoms with Crippen LogP contribution in [0.2, 0.25) is 0 Å². The maximum absolute atomic E-state index is 8.32. The number of hydrogen-bond acceptors (Lipinski definition) is 3. The zero-order valence-electron chi connectivity index (χ0n) is 8.29. The molecule has 0 amide bonds. The number of nitrogens with two attached hydrogens (primary N) is 1. The lowest BCUT2D eigenvalue weighted by Gasteiger charge is -2.06. The fourth-order valence-electron chi connectivity index (χ4n) is 1.05. The summed E-state index contributed by atoms with van der Waals surface area (Å²) in [5.74, 6) is 0.769. The second-order valence-electron chi connectivity index (χ2n) is 3.13. The summed E-state index contributed by atoms with van der Waals surface area (Å²) < 4.78 is 5.41. The average Bonchev–Trinajstić information content (AvgIpc) is 2.18. The van der Waals surface area contributed by atoms with Crippen molar-refractivity contribution in [2.24, 2.45) is 0 Å². The number of hydrogen-bond donors (Lipinski definition) is 1. The van der Waals surface area contributed by atoms with Crippen molar-refractivity contribution in [2.75, 3.05) is 12.3 Å². The highest BCUT2D eigenvalue weighted by Gasteiger charge is 1.97. The minimum atomic E-state index is 0.529. The van der Waals surface area contributed by atoms with Crippen molar-refractivity contribution in [1.82, 2.24) is 0 Å². The Balaban J connectivity index is 2.44. The molecule has 0 atom stereocenters. The van der Waals surface area contributed by atoms with Crippen molar-refractivity contribution in [3.05, 3.63) is 23.8 Å². The molecular weight excluding hydrogens is 176 g/mol. The summed E-state index contributed by atoms with van der Waals surface area (Å²) in [6.45, 7) is 2.52. The van der Waals surface area contributed by atoms with Crippen LogP contribution in [0.3, 0.4) is 0 Å². The van der Waals surface area contributed by atoms with E-state index in [2.05, 4.69) is 6.07 Å². The Bertz CT molecular complexity index is 342. The third-order valence-corrected chi connectivity index (χ3v) is 1.95. The highest BCUT2D eigenvalue weighted by Crippen LogP contribution is 2.18. The lowest BCUT2D eigenvalue weighted by atomic mass is 10.2. The number of anilines is 1. The Labute approximate surface area is 84.1 Å². The predicted molar refractivity (Wildman–Crippen MR) is 55.9 cm³/mol. The molecule has 0 aliphatic heterocycles. The van der Waals surface area contributed by atoms with Gasteiger partial charge in [0.25, 0.3) is 0 Å². The summed E-state index contributed by atoms with van der Waals surface area (Å²) in [6.07, 6.45) is 1.28. The second-order valence-corrected chi connectivity index (χ2v) is 3.13. The van der Waals surface area contributed by atoms with Crippen molar-refractivity contribution in [3.63, 3.8) is 0 Å². The van der Waals surface area contributed by atoms with Gasteiger partial charge in [-0.2, -0.15) is 5.26 Å². The molecule has 0 aliphatic carbocycles. The number of ether oxygens (including phenoxy) is 1. The maximum atomic E-state index is 8.32. The van der Waals surface area contributed by atoms with Gasteiger partial charge in [0.1, 0.15) is 5.75 Å². The number of nitrogen functional groups attached to an aromatic ring is 1. The minimum Gasteiger partial charge on any atom is -0.493 e. The van der Waals surface area contributed by atoms with Gasteiger partial charge in [-0.1, -0.05) is 6.07 Å². The van der Waals surface area contributed by atoms with E-state index in [4.69, 9.17) is 15.7 Å². The molecule has 1 rings (SSSR count). The summed E-state index contributed by atoms with van der Waals surface area (Å²) in [7, 11) is 0. The highest BCUT2D eigenvalue weighted by molar-refractivity contribution is 5.50. The van der Waals surface area contributed by atoms with E-state index in [-0.39, 0.29) is 0 Å². The molecule has 0 unspecified atom stereocenters. The van der Waals surface area contributed by atoms with Gasteiger partial charge in [0.2, 0.25) is 0 Å². The van der Waals surface area contributed by atoms with E-state index in [9.17, 15) is 0 Å². The van der Waals surface area contributed by atoms with Crippen molar-refractivity contribution in [1.29, 1.82) is 5.26 Å². The van der Waals surface area contributed by atoms with E-state index < -0.39 is 0 Å². The minimum absolute atomic E-state index is 0.529. The van der Waals surface area contributed by atoms with E-state index >= 15 is 0 Å². The first-order chi connectivity index (χ1) is 6.74. The van der Waals surface area contributed by atoms with Gasteiger partial charge >= 0.3 is 0 Å². The zero-order chi connectivity index (χ0) is 10.4. The molecular formula is C11H14N2O.